The van der Waals surface area contributed by atoms with Crippen LogP contribution in [0.25, 0.3) is 0 Å². The van der Waals surface area contributed by atoms with Gasteiger partial charge in [0.1, 0.15) is 5.75 Å². The second-order valence-corrected chi connectivity index (χ2v) is 6.58. The van der Waals surface area contributed by atoms with Gasteiger partial charge in [0.05, 0.1) is 20.8 Å². The summed E-state index contributed by atoms with van der Waals surface area (Å²) in [5, 5.41) is 3.42. The molecule has 2 heterocycles. The third kappa shape index (κ3) is 4.90. The number of nitrogens with one attached hydrogen (secondary N) is 1. The van der Waals surface area contributed by atoms with Crippen molar-refractivity contribution >= 4 is 5.96 Å². The maximum atomic E-state index is 5.26. The summed E-state index contributed by atoms with van der Waals surface area (Å²) < 4.78 is 10.5. The van der Waals surface area contributed by atoms with Gasteiger partial charge in [0.2, 0.25) is 5.88 Å². The molecule has 1 aliphatic rings. The van der Waals surface area contributed by atoms with Crippen molar-refractivity contribution < 1.29 is 9.47 Å². The van der Waals surface area contributed by atoms with Crippen molar-refractivity contribution in [3.63, 3.8) is 0 Å². The SMILES string of the molecule is CCNC(=NCc1ccnc(OC)c1)N1CCC(c2ccc(OC)cc2)C1. The molecule has 0 bridgehead atoms. The number of nitrogens with zero attached hydrogens (tertiary/aromatic N) is 3. The van der Waals surface area contributed by atoms with Gasteiger partial charge < -0.3 is 19.7 Å². The number of rotatable bonds is 6. The molecule has 0 saturated carbocycles. The van der Waals surface area contributed by atoms with Gasteiger partial charge in [-0.1, -0.05) is 12.1 Å². The quantitative estimate of drug-likeness (QED) is 0.627. The third-order valence-electron chi connectivity index (χ3n) is 4.83. The molecule has 1 aromatic heterocycles. The van der Waals surface area contributed by atoms with Crippen LogP contribution in [0.3, 0.4) is 0 Å². The van der Waals surface area contributed by atoms with E-state index in [4.69, 9.17) is 14.5 Å². The van der Waals surface area contributed by atoms with Crippen molar-refractivity contribution in [3.8, 4) is 11.6 Å². The van der Waals surface area contributed by atoms with Gasteiger partial charge in [-0.15, -0.1) is 0 Å². The third-order valence-corrected chi connectivity index (χ3v) is 4.83. The van der Waals surface area contributed by atoms with Gasteiger partial charge in [0.25, 0.3) is 0 Å². The fraction of sp³-hybridized carbons (Fsp3) is 0.429. The average Bonchev–Trinajstić information content (AvgIpc) is 3.21. The van der Waals surface area contributed by atoms with Crippen molar-refractivity contribution in [2.24, 2.45) is 4.99 Å². The molecule has 6 nitrogen and oxygen atoms in total. The Morgan fingerprint density at radius 3 is 2.74 bits per heavy atom. The Balaban J connectivity index is 1.67. The number of guanidine groups is 1. The van der Waals surface area contributed by atoms with Crippen LogP contribution >= 0.6 is 0 Å². The first-order valence-electron chi connectivity index (χ1n) is 9.39. The molecule has 27 heavy (non-hydrogen) atoms. The van der Waals surface area contributed by atoms with E-state index in [0.717, 1.165) is 43.3 Å². The molecule has 0 spiro atoms. The summed E-state index contributed by atoms with van der Waals surface area (Å²) >= 11 is 0. The summed E-state index contributed by atoms with van der Waals surface area (Å²) in [6.45, 7) is 5.52. The molecule has 1 unspecified atom stereocenters. The second-order valence-electron chi connectivity index (χ2n) is 6.58. The van der Waals surface area contributed by atoms with E-state index in [-0.39, 0.29) is 0 Å². The van der Waals surface area contributed by atoms with Crippen LogP contribution in [0.4, 0.5) is 0 Å². The molecular formula is C21H28N4O2. The minimum atomic E-state index is 0.515. The standard InChI is InChI=1S/C21H28N4O2/c1-4-22-21(24-14-16-9-11-23-20(13-16)27-3)25-12-10-18(15-25)17-5-7-19(26-2)8-6-17/h5-9,11,13,18H,4,10,12,14-15H2,1-3H3,(H,22,24). The molecule has 1 saturated heterocycles. The minimum absolute atomic E-state index is 0.515. The topological polar surface area (TPSA) is 59.0 Å². The predicted molar refractivity (Wildman–Crippen MR) is 108 cm³/mol. The number of hydrogen-bond donors (Lipinski definition) is 1. The van der Waals surface area contributed by atoms with Crippen molar-refractivity contribution in [1.82, 2.24) is 15.2 Å². The summed E-state index contributed by atoms with van der Waals surface area (Å²) in [6.07, 6.45) is 2.88. The monoisotopic (exact) mass is 368 g/mol. The van der Waals surface area contributed by atoms with Crippen molar-refractivity contribution in [2.75, 3.05) is 33.9 Å². The van der Waals surface area contributed by atoms with Crippen LogP contribution in [0.2, 0.25) is 0 Å². The van der Waals surface area contributed by atoms with Gasteiger partial charge in [-0.05, 0) is 42.7 Å². The number of ether oxygens (including phenoxy) is 2. The van der Waals surface area contributed by atoms with Crippen molar-refractivity contribution in [1.29, 1.82) is 0 Å². The lowest BCUT2D eigenvalue weighted by Gasteiger charge is -2.22. The molecule has 3 rings (SSSR count). The summed E-state index contributed by atoms with van der Waals surface area (Å²) in [5.41, 5.74) is 2.44. The molecular weight excluding hydrogens is 340 g/mol. The number of aliphatic imine (C=N–C) groups is 1. The number of pyridine rings is 1. The molecule has 144 valence electrons. The number of methoxy groups -OCH3 is 2. The molecule has 1 aromatic carbocycles. The Labute approximate surface area is 161 Å². The Hall–Kier alpha value is -2.76. The average molecular weight is 368 g/mol. The maximum Gasteiger partial charge on any atom is 0.213 e. The maximum absolute atomic E-state index is 5.26. The number of hydrogen-bond acceptors (Lipinski definition) is 4. The molecule has 1 N–H and O–H groups in total. The molecule has 0 radical (unpaired) electrons. The normalized spacial score (nSPS) is 17.1. The summed E-state index contributed by atoms with van der Waals surface area (Å²) in [5.74, 6) is 3.00. The lowest BCUT2D eigenvalue weighted by atomic mass is 9.98. The van der Waals surface area contributed by atoms with E-state index in [1.807, 2.05) is 24.3 Å². The lowest BCUT2D eigenvalue weighted by Crippen LogP contribution is -2.40. The summed E-state index contributed by atoms with van der Waals surface area (Å²) in [7, 11) is 3.33. The fourth-order valence-electron chi connectivity index (χ4n) is 3.35. The van der Waals surface area contributed by atoms with Crippen LogP contribution in [0.5, 0.6) is 11.6 Å². The first-order chi connectivity index (χ1) is 13.2. The number of aromatic nitrogens is 1. The Morgan fingerprint density at radius 2 is 2.04 bits per heavy atom. The first-order valence-corrected chi connectivity index (χ1v) is 9.39. The van der Waals surface area contributed by atoms with E-state index >= 15 is 0 Å². The smallest absolute Gasteiger partial charge is 0.213 e. The van der Waals surface area contributed by atoms with Crippen molar-refractivity contribution in [3.05, 3.63) is 53.7 Å². The molecule has 1 fully saturated rings. The zero-order valence-corrected chi connectivity index (χ0v) is 16.3. The molecule has 6 heteroatoms. The molecule has 0 aliphatic carbocycles. The van der Waals surface area contributed by atoms with Crippen LogP contribution in [0.1, 0.15) is 30.4 Å². The number of likely N-dealkylation sites (tertiary alicyclic amines) is 1. The minimum Gasteiger partial charge on any atom is -0.497 e. The molecule has 1 atom stereocenters. The molecule has 0 amide bonds. The zero-order valence-electron chi connectivity index (χ0n) is 16.3. The van der Waals surface area contributed by atoms with Crippen molar-refractivity contribution in [2.45, 2.75) is 25.8 Å². The van der Waals surface area contributed by atoms with Gasteiger partial charge in [0, 0.05) is 37.8 Å². The molecule has 1 aliphatic heterocycles. The fourth-order valence-corrected chi connectivity index (χ4v) is 3.35. The summed E-state index contributed by atoms with van der Waals surface area (Å²) in [6, 6.07) is 12.3. The lowest BCUT2D eigenvalue weighted by molar-refractivity contribution is 0.397. The number of benzene rings is 1. The highest BCUT2D eigenvalue weighted by molar-refractivity contribution is 5.80. The predicted octanol–water partition coefficient (Wildman–Crippen LogP) is 3.05. The van der Waals surface area contributed by atoms with E-state index in [0.29, 0.717) is 18.3 Å². The highest BCUT2D eigenvalue weighted by atomic mass is 16.5. The van der Waals surface area contributed by atoms with Crippen LogP contribution in [0.15, 0.2) is 47.6 Å². The van der Waals surface area contributed by atoms with E-state index in [1.165, 1.54) is 5.56 Å². The molecule has 2 aromatic rings. The van der Waals surface area contributed by atoms with E-state index in [9.17, 15) is 0 Å². The Kier molecular flexibility index (Phi) is 6.52. The highest BCUT2D eigenvalue weighted by Crippen LogP contribution is 2.28. The van der Waals surface area contributed by atoms with Crippen LogP contribution < -0.4 is 14.8 Å². The van der Waals surface area contributed by atoms with Crippen LogP contribution in [0, 0.1) is 0 Å². The van der Waals surface area contributed by atoms with E-state index in [2.05, 4.69) is 34.3 Å². The van der Waals surface area contributed by atoms with Crippen LogP contribution in [-0.2, 0) is 6.54 Å². The van der Waals surface area contributed by atoms with E-state index in [1.54, 1.807) is 20.4 Å². The van der Waals surface area contributed by atoms with Gasteiger partial charge in [-0.2, -0.15) is 0 Å². The largest absolute Gasteiger partial charge is 0.497 e. The van der Waals surface area contributed by atoms with E-state index < -0.39 is 0 Å². The van der Waals surface area contributed by atoms with Crippen LogP contribution in [-0.4, -0.2) is 49.7 Å². The second kappa shape index (κ2) is 9.26. The Morgan fingerprint density at radius 1 is 1.22 bits per heavy atom. The Bertz CT molecular complexity index is 761. The highest BCUT2D eigenvalue weighted by Gasteiger charge is 2.26. The van der Waals surface area contributed by atoms with Gasteiger partial charge >= 0.3 is 0 Å². The summed E-state index contributed by atoms with van der Waals surface area (Å²) in [4.78, 5) is 11.3. The van der Waals surface area contributed by atoms with Gasteiger partial charge in [-0.25, -0.2) is 9.98 Å². The van der Waals surface area contributed by atoms with Gasteiger partial charge in [0.15, 0.2) is 5.96 Å². The zero-order chi connectivity index (χ0) is 19.1. The van der Waals surface area contributed by atoms with Gasteiger partial charge in [-0.3, -0.25) is 0 Å². The first kappa shape index (κ1) is 19.0.